The molecule has 2 aliphatic rings. The van der Waals surface area contributed by atoms with Crippen molar-refractivity contribution in [1.82, 2.24) is 9.55 Å². The molecule has 0 fully saturated rings. The molecule has 0 bridgehead atoms. The summed E-state index contributed by atoms with van der Waals surface area (Å²) in [6.07, 6.45) is -0.101. The largest absolute Gasteiger partial charge is 0.401 e. The van der Waals surface area contributed by atoms with Crippen LogP contribution in [-0.4, -0.2) is 30.8 Å². The van der Waals surface area contributed by atoms with E-state index in [0.29, 0.717) is 11.4 Å². The summed E-state index contributed by atoms with van der Waals surface area (Å²) in [4.78, 5) is 30.0. The van der Waals surface area contributed by atoms with E-state index in [9.17, 15) is 24.9 Å². The number of aliphatic hydroxyl groups is 3. The van der Waals surface area contributed by atoms with Crippen LogP contribution in [0, 0.1) is 0 Å². The number of hydrogen-bond donors (Lipinski definition) is 3. The van der Waals surface area contributed by atoms with Crippen molar-refractivity contribution in [3.8, 4) is 11.4 Å². The van der Waals surface area contributed by atoms with Gasteiger partial charge in [0.05, 0.1) is 23.4 Å². The fourth-order valence-electron chi connectivity index (χ4n) is 4.02. The van der Waals surface area contributed by atoms with Gasteiger partial charge in [-0.2, -0.15) is 0 Å². The van der Waals surface area contributed by atoms with Crippen LogP contribution in [0.1, 0.15) is 30.0 Å². The maximum Gasteiger partial charge on any atom is 0.359 e. The van der Waals surface area contributed by atoms with Gasteiger partial charge in [0.1, 0.15) is 5.56 Å². The molecule has 3 N–H and O–H groups in total. The molecule has 8 heteroatoms. The Kier molecular flexibility index (Phi) is 3.20. The van der Waals surface area contributed by atoms with E-state index in [1.165, 1.54) is 17.6 Å². The number of benzene rings is 1. The van der Waals surface area contributed by atoms with E-state index in [1.807, 2.05) is 30.3 Å². The number of esters is 1. The molecule has 4 heterocycles. The van der Waals surface area contributed by atoms with Crippen LogP contribution in [0.15, 0.2) is 41.2 Å². The molecular formula is C20H16N2O6. The van der Waals surface area contributed by atoms with Gasteiger partial charge in [0.25, 0.3) is 5.56 Å². The summed E-state index contributed by atoms with van der Waals surface area (Å²) in [5.74, 6) is -4.33. The Hall–Kier alpha value is -3.07. The minimum absolute atomic E-state index is 0.101. The lowest BCUT2D eigenvalue weighted by Crippen LogP contribution is -2.53. The fraction of sp³-hybridized carbons (Fsp3) is 0.250. The molecule has 0 saturated heterocycles. The molecule has 5 rings (SSSR count). The Morgan fingerprint density at radius 1 is 1.18 bits per heavy atom. The number of para-hydroxylation sites is 1. The zero-order valence-electron chi connectivity index (χ0n) is 14.8. The lowest BCUT2D eigenvalue weighted by molar-refractivity contribution is -0.345. The van der Waals surface area contributed by atoms with Crippen LogP contribution in [-0.2, 0) is 27.7 Å². The topological polar surface area (TPSA) is 122 Å². The average Bonchev–Trinajstić information content (AvgIpc) is 3.02. The lowest BCUT2D eigenvalue weighted by Gasteiger charge is -2.37. The SMILES string of the molecule is CC[C@@]1(O)C(=O)OC(O)(O)c2c1cc1n(c2=O)Cc2cc3ccccc3nc2-1. The Labute approximate surface area is 158 Å². The molecule has 0 unspecified atom stereocenters. The summed E-state index contributed by atoms with van der Waals surface area (Å²) in [6.45, 7) is 1.72. The van der Waals surface area contributed by atoms with Gasteiger partial charge in [-0.3, -0.25) is 4.79 Å². The van der Waals surface area contributed by atoms with Gasteiger partial charge in [-0.25, -0.2) is 9.78 Å². The third-order valence-electron chi connectivity index (χ3n) is 5.53. The summed E-state index contributed by atoms with van der Waals surface area (Å²) in [5.41, 5.74) is -1.15. The first-order valence-electron chi connectivity index (χ1n) is 8.84. The number of hydrogen-bond acceptors (Lipinski definition) is 7. The van der Waals surface area contributed by atoms with Gasteiger partial charge in [0, 0.05) is 16.5 Å². The van der Waals surface area contributed by atoms with Gasteiger partial charge in [-0.05, 0) is 24.6 Å². The highest BCUT2D eigenvalue weighted by molar-refractivity contribution is 5.86. The van der Waals surface area contributed by atoms with Crippen LogP contribution in [0.2, 0.25) is 0 Å². The first kappa shape index (κ1) is 17.1. The smallest absolute Gasteiger partial charge is 0.359 e. The third-order valence-corrected chi connectivity index (χ3v) is 5.53. The highest BCUT2D eigenvalue weighted by atomic mass is 16.8. The fourth-order valence-corrected chi connectivity index (χ4v) is 4.02. The second kappa shape index (κ2) is 5.26. The molecule has 142 valence electrons. The van der Waals surface area contributed by atoms with E-state index in [4.69, 9.17) is 0 Å². The molecule has 1 atom stereocenters. The number of carbonyl (C=O) groups excluding carboxylic acids is 1. The summed E-state index contributed by atoms with van der Waals surface area (Å²) in [7, 11) is 0. The number of carbonyl (C=O) groups is 1. The van der Waals surface area contributed by atoms with Crippen LogP contribution < -0.4 is 5.56 Å². The normalized spacial score (nSPS) is 21.8. The Morgan fingerprint density at radius 2 is 1.93 bits per heavy atom. The van der Waals surface area contributed by atoms with Crippen LogP contribution in [0.25, 0.3) is 22.3 Å². The number of nitrogens with zero attached hydrogens (tertiary/aromatic N) is 2. The first-order valence-corrected chi connectivity index (χ1v) is 8.84. The van der Waals surface area contributed by atoms with E-state index in [-0.39, 0.29) is 18.5 Å². The van der Waals surface area contributed by atoms with Gasteiger partial charge < -0.3 is 24.6 Å². The van der Waals surface area contributed by atoms with E-state index < -0.39 is 28.7 Å². The van der Waals surface area contributed by atoms with Gasteiger partial charge in [-0.15, -0.1) is 0 Å². The molecular weight excluding hydrogens is 364 g/mol. The van der Waals surface area contributed by atoms with Gasteiger partial charge in [0.15, 0.2) is 5.60 Å². The van der Waals surface area contributed by atoms with Crippen molar-refractivity contribution >= 4 is 16.9 Å². The van der Waals surface area contributed by atoms with Crippen molar-refractivity contribution < 1.29 is 24.9 Å². The Morgan fingerprint density at radius 3 is 2.68 bits per heavy atom. The predicted octanol–water partition coefficient (Wildman–Crippen LogP) is 0.674. The Bertz CT molecular complexity index is 1250. The average molecular weight is 380 g/mol. The number of fused-ring (bicyclic) bond motifs is 5. The highest BCUT2D eigenvalue weighted by Gasteiger charge is 2.54. The van der Waals surface area contributed by atoms with Crippen molar-refractivity contribution in [2.75, 3.05) is 0 Å². The highest BCUT2D eigenvalue weighted by Crippen LogP contribution is 2.42. The number of rotatable bonds is 1. The minimum atomic E-state index is -3.11. The quantitative estimate of drug-likeness (QED) is 0.328. The summed E-state index contributed by atoms with van der Waals surface area (Å²) >= 11 is 0. The molecule has 28 heavy (non-hydrogen) atoms. The Balaban J connectivity index is 1.85. The second-order valence-corrected chi connectivity index (χ2v) is 7.11. The predicted molar refractivity (Wildman–Crippen MR) is 96.9 cm³/mol. The van der Waals surface area contributed by atoms with Crippen molar-refractivity contribution in [3.63, 3.8) is 0 Å². The van der Waals surface area contributed by atoms with Gasteiger partial charge >= 0.3 is 11.9 Å². The first-order chi connectivity index (χ1) is 13.3. The molecule has 0 radical (unpaired) electrons. The zero-order chi connectivity index (χ0) is 19.8. The standard InChI is InChI=1S/C20H16N2O6/c1-2-19(25)12-8-14-16-11(7-10-5-3-4-6-13(10)21-16)9-22(14)17(23)15(12)20(26,27)28-18(19)24/h3-8,25-27H,2,9H2,1H3/t19-/m0/s1. The van der Waals surface area contributed by atoms with Gasteiger partial charge in [-0.1, -0.05) is 25.1 Å². The number of aromatic nitrogens is 2. The van der Waals surface area contributed by atoms with Crippen molar-refractivity contribution in [3.05, 3.63) is 63.4 Å². The second-order valence-electron chi connectivity index (χ2n) is 7.11. The van der Waals surface area contributed by atoms with Gasteiger partial charge in [0.2, 0.25) is 0 Å². The van der Waals surface area contributed by atoms with E-state index in [0.717, 1.165) is 16.5 Å². The summed E-state index contributed by atoms with van der Waals surface area (Å²) in [6, 6.07) is 10.8. The summed E-state index contributed by atoms with van der Waals surface area (Å²) < 4.78 is 5.92. The molecule has 0 saturated carbocycles. The molecule has 2 aliphatic heterocycles. The monoisotopic (exact) mass is 380 g/mol. The number of cyclic esters (lactones) is 1. The molecule has 1 aromatic carbocycles. The molecule has 0 aliphatic carbocycles. The molecule has 8 nitrogen and oxygen atoms in total. The maximum atomic E-state index is 13.1. The number of ether oxygens (including phenoxy) is 1. The van der Waals surface area contributed by atoms with Crippen molar-refractivity contribution in [2.45, 2.75) is 31.5 Å². The maximum absolute atomic E-state index is 13.1. The van der Waals surface area contributed by atoms with Crippen LogP contribution in [0.4, 0.5) is 0 Å². The van der Waals surface area contributed by atoms with Crippen LogP contribution in [0.5, 0.6) is 0 Å². The van der Waals surface area contributed by atoms with E-state index >= 15 is 0 Å². The van der Waals surface area contributed by atoms with E-state index in [1.54, 1.807) is 0 Å². The van der Waals surface area contributed by atoms with Crippen molar-refractivity contribution in [2.24, 2.45) is 0 Å². The molecule has 3 aromatic rings. The molecule has 0 amide bonds. The van der Waals surface area contributed by atoms with E-state index in [2.05, 4.69) is 9.72 Å². The van der Waals surface area contributed by atoms with Crippen LogP contribution >= 0.6 is 0 Å². The van der Waals surface area contributed by atoms with Crippen molar-refractivity contribution in [1.29, 1.82) is 0 Å². The lowest BCUT2D eigenvalue weighted by atomic mass is 9.84. The number of pyridine rings is 2. The summed E-state index contributed by atoms with van der Waals surface area (Å²) in [5, 5.41) is 32.1. The molecule has 2 aromatic heterocycles. The molecule has 0 spiro atoms. The third kappa shape index (κ3) is 2.02. The van der Waals surface area contributed by atoms with Crippen LogP contribution in [0.3, 0.4) is 0 Å². The zero-order valence-corrected chi connectivity index (χ0v) is 14.8. The minimum Gasteiger partial charge on any atom is -0.401 e.